The summed E-state index contributed by atoms with van der Waals surface area (Å²) in [7, 11) is 0. The van der Waals surface area contributed by atoms with Gasteiger partial charge < -0.3 is 9.80 Å². The first kappa shape index (κ1) is 13.1. The number of piperazine rings is 1. The molecular formula is C14H14ClFN4. The highest BCUT2D eigenvalue weighted by Crippen LogP contribution is 2.22. The van der Waals surface area contributed by atoms with E-state index in [9.17, 15) is 4.39 Å². The Bertz CT molecular complexity index is 585. The normalized spacial score (nSPS) is 15.5. The highest BCUT2D eigenvalue weighted by molar-refractivity contribution is 6.30. The van der Waals surface area contributed by atoms with E-state index >= 15 is 0 Å². The molecule has 0 unspecified atom stereocenters. The van der Waals surface area contributed by atoms with Gasteiger partial charge in [-0.3, -0.25) is 0 Å². The fraction of sp³-hybridized carbons (Fsp3) is 0.286. The fourth-order valence-electron chi connectivity index (χ4n) is 2.33. The van der Waals surface area contributed by atoms with Crippen LogP contribution < -0.4 is 9.80 Å². The number of hydrogen-bond donors (Lipinski definition) is 0. The van der Waals surface area contributed by atoms with E-state index in [4.69, 9.17) is 11.6 Å². The lowest BCUT2D eigenvalue weighted by Crippen LogP contribution is -2.47. The lowest BCUT2D eigenvalue weighted by Gasteiger charge is -2.36. The minimum Gasteiger partial charge on any atom is -0.353 e. The first-order valence-corrected chi connectivity index (χ1v) is 6.84. The van der Waals surface area contributed by atoms with Crippen LogP contribution in [-0.4, -0.2) is 36.1 Å². The van der Waals surface area contributed by atoms with Crippen molar-refractivity contribution in [2.75, 3.05) is 36.0 Å². The molecule has 0 N–H and O–H groups in total. The molecule has 0 aromatic carbocycles. The van der Waals surface area contributed by atoms with Crippen molar-refractivity contribution in [2.24, 2.45) is 0 Å². The molecule has 1 aliphatic heterocycles. The number of pyridine rings is 2. The molecule has 104 valence electrons. The van der Waals surface area contributed by atoms with Crippen molar-refractivity contribution in [3.63, 3.8) is 0 Å². The molecule has 3 heterocycles. The summed E-state index contributed by atoms with van der Waals surface area (Å²) >= 11 is 5.72. The van der Waals surface area contributed by atoms with Crippen molar-refractivity contribution in [1.82, 2.24) is 9.97 Å². The molecule has 4 nitrogen and oxygen atoms in total. The molecule has 3 rings (SSSR count). The van der Waals surface area contributed by atoms with Crippen molar-refractivity contribution in [2.45, 2.75) is 0 Å². The van der Waals surface area contributed by atoms with Gasteiger partial charge in [-0.1, -0.05) is 17.7 Å². The van der Waals surface area contributed by atoms with Crippen LogP contribution in [0.1, 0.15) is 0 Å². The summed E-state index contributed by atoms with van der Waals surface area (Å²) in [5.41, 5.74) is 0. The Labute approximate surface area is 121 Å². The summed E-state index contributed by atoms with van der Waals surface area (Å²) in [4.78, 5) is 12.5. The molecule has 1 saturated heterocycles. The fourth-order valence-corrected chi connectivity index (χ4v) is 2.47. The predicted octanol–water partition coefficient (Wildman–Crippen LogP) is 2.60. The van der Waals surface area contributed by atoms with Gasteiger partial charge in [0.1, 0.15) is 5.82 Å². The van der Waals surface area contributed by atoms with E-state index in [-0.39, 0.29) is 5.82 Å². The average Bonchev–Trinajstić information content (AvgIpc) is 2.48. The molecule has 0 spiro atoms. The summed E-state index contributed by atoms with van der Waals surface area (Å²) in [6.07, 6.45) is 3.26. The number of anilines is 2. The Morgan fingerprint density at radius 3 is 2.45 bits per heavy atom. The van der Waals surface area contributed by atoms with Crippen LogP contribution in [0.3, 0.4) is 0 Å². The molecule has 1 aliphatic rings. The maximum Gasteiger partial charge on any atom is 0.167 e. The molecule has 0 radical (unpaired) electrons. The van der Waals surface area contributed by atoms with Crippen molar-refractivity contribution in [3.8, 4) is 0 Å². The van der Waals surface area contributed by atoms with Gasteiger partial charge in [-0.05, 0) is 18.2 Å². The molecule has 0 atom stereocenters. The van der Waals surface area contributed by atoms with E-state index in [0.29, 0.717) is 23.9 Å². The monoisotopic (exact) mass is 292 g/mol. The molecule has 6 heteroatoms. The number of nitrogens with zero attached hydrogens (tertiary/aromatic N) is 4. The maximum absolute atomic E-state index is 13.8. The Morgan fingerprint density at radius 2 is 1.80 bits per heavy atom. The van der Waals surface area contributed by atoms with Gasteiger partial charge in [0.05, 0.1) is 5.02 Å². The summed E-state index contributed by atoms with van der Waals surface area (Å²) in [6.45, 7) is 3.01. The van der Waals surface area contributed by atoms with E-state index in [1.165, 1.54) is 12.3 Å². The predicted molar refractivity (Wildman–Crippen MR) is 77.9 cm³/mol. The van der Waals surface area contributed by atoms with Gasteiger partial charge in [0.25, 0.3) is 0 Å². The Kier molecular flexibility index (Phi) is 3.69. The SMILES string of the molecule is Fc1cc(Cl)cnc1N1CCN(c2ccccn2)CC1. The van der Waals surface area contributed by atoms with Crippen LogP contribution >= 0.6 is 11.6 Å². The summed E-state index contributed by atoms with van der Waals surface area (Å²) < 4.78 is 13.8. The number of aromatic nitrogens is 2. The van der Waals surface area contributed by atoms with E-state index in [2.05, 4.69) is 14.9 Å². The molecule has 2 aromatic rings. The Balaban J connectivity index is 1.69. The van der Waals surface area contributed by atoms with Crippen molar-refractivity contribution in [1.29, 1.82) is 0 Å². The third kappa shape index (κ3) is 2.67. The molecule has 0 aliphatic carbocycles. The van der Waals surface area contributed by atoms with Crippen LogP contribution in [0.15, 0.2) is 36.7 Å². The Hall–Kier alpha value is -1.88. The third-order valence-electron chi connectivity index (χ3n) is 3.34. The molecule has 2 aromatic heterocycles. The molecule has 0 saturated carbocycles. The molecular weight excluding hydrogens is 279 g/mol. The second-order valence-corrected chi connectivity index (χ2v) is 5.06. The zero-order valence-corrected chi connectivity index (χ0v) is 11.6. The second-order valence-electron chi connectivity index (χ2n) is 4.62. The van der Waals surface area contributed by atoms with Gasteiger partial charge in [0, 0.05) is 38.6 Å². The van der Waals surface area contributed by atoms with Crippen LogP contribution in [0.2, 0.25) is 5.02 Å². The first-order chi connectivity index (χ1) is 9.74. The number of halogens is 2. The third-order valence-corrected chi connectivity index (χ3v) is 3.55. The van der Waals surface area contributed by atoms with Gasteiger partial charge in [0.2, 0.25) is 0 Å². The lowest BCUT2D eigenvalue weighted by molar-refractivity contribution is 0.587. The van der Waals surface area contributed by atoms with Crippen LogP contribution in [-0.2, 0) is 0 Å². The minimum atomic E-state index is -0.371. The highest BCUT2D eigenvalue weighted by atomic mass is 35.5. The van der Waals surface area contributed by atoms with E-state index in [1.807, 2.05) is 23.1 Å². The summed E-state index contributed by atoms with van der Waals surface area (Å²) in [5, 5.41) is 0.318. The molecule has 1 fully saturated rings. The van der Waals surface area contributed by atoms with Crippen LogP contribution in [0, 0.1) is 5.82 Å². The summed E-state index contributed by atoms with van der Waals surface area (Å²) in [6, 6.07) is 7.15. The average molecular weight is 293 g/mol. The number of hydrogen-bond acceptors (Lipinski definition) is 4. The van der Waals surface area contributed by atoms with Crippen LogP contribution in [0.5, 0.6) is 0 Å². The standard InChI is InChI=1S/C14H14ClFN4/c15-11-9-12(16)14(18-10-11)20-7-5-19(6-8-20)13-3-1-2-4-17-13/h1-4,9-10H,5-8H2. The largest absolute Gasteiger partial charge is 0.353 e. The Morgan fingerprint density at radius 1 is 1.05 bits per heavy atom. The van der Waals surface area contributed by atoms with Crippen molar-refractivity contribution in [3.05, 3.63) is 47.5 Å². The van der Waals surface area contributed by atoms with Gasteiger partial charge in [-0.25, -0.2) is 14.4 Å². The zero-order valence-electron chi connectivity index (χ0n) is 10.8. The molecule has 0 amide bonds. The van der Waals surface area contributed by atoms with Crippen molar-refractivity contribution >= 4 is 23.2 Å². The van der Waals surface area contributed by atoms with Gasteiger partial charge >= 0.3 is 0 Å². The first-order valence-electron chi connectivity index (χ1n) is 6.46. The van der Waals surface area contributed by atoms with E-state index < -0.39 is 0 Å². The quantitative estimate of drug-likeness (QED) is 0.852. The van der Waals surface area contributed by atoms with Crippen LogP contribution in [0.25, 0.3) is 0 Å². The highest BCUT2D eigenvalue weighted by Gasteiger charge is 2.21. The minimum absolute atomic E-state index is 0.318. The van der Waals surface area contributed by atoms with Gasteiger partial charge in [-0.15, -0.1) is 0 Å². The van der Waals surface area contributed by atoms with Crippen LogP contribution in [0.4, 0.5) is 16.0 Å². The van der Waals surface area contributed by atoms with Crippen molar-refractivity contribution < 1.29 is 4.39 Å². The second kappa shape index (κ2) is 5.63. The lowest BCUT2D eigenvalue weighted by atomic mass is 10.3. The molecule has 0 bridgehead atoms. The maximum atomic E-state index is 13.8. The smallest absolute Gasteiger partial charge is 0.167 e. The van der Waals surface area contributed by atoms with E-state index in [0.717, 1.165) is 18.9 Å². The number of rotatable bonds is 2. The topological polar surface area (TPSA) is 32.3 Å². The van der Waals surface area contributed by atoms with Gasteiger partial charge in [-0.2, -0.15) is 0 Å². The van der Waals surface area contributed by atoms with Gasteiger partial charge in [0.15, 0.2) is 11.6 Å². The zero-order chi connectivity index (χ0) is 13.9. The van der Waals surface area contributed by atoms with E-state index in [1.54, 1.807) is 6.20 Å². The summed E-state index contributed by atoms with van der Waals surface area (Å²) in [5.74, 6) is 0.954. The molecule has 20 heavy (non-hydrogen) atoms.